The van der Waals surface area contributed by atoms with Gasteiger partial charge in [0, 0.05) is 12.6 Å². The third-order valence-corrected chi connectivity index (χ3v) is 3.86. The molecule has 1 aromatic heterocycles. The minimum absolute atomic E-state index is 0. The van der Waals surface area contributed by atoms with Crippen LogP contribution in [0.1, 0.15) is 18.7 Å². The van der Waals surface area contributed by atoms with Crippen molar-refractivity contribution in [3.8, 4) is 0 Å². The Labute approximate surface area is 142 Å². The van der Waals surface area contributed by atoms with E-state index in [-0.39, 0.29) is 30.7 Å². The maximum atomic E-state index is 12.1. The largest absolute Gasteiger partial charge is 0.353 e. The number of nitrogens with zero attached hydrogens (tertiary/aromatic N) is 2. The molecule has 122 valence electrons. The van der Waals surface area contributed by atoms with Gasteiger partial charge in [0.2, 0.25) is 5.91 Å². The SMILES string of the molecule is Cc1nc2ccccc2n1CC(=O)NCC1CCCN1.Cl.Cl. The van der Waals surface area contributed by atoms with Gasteiger partial charge in [0.25, 0.3) is 0 Å². The van der Waals surface area contributed by atoms with Gasteiger partial charge in [-0.1, -0.05) is 12.1 Å². The molecular weight excluding hydrogens is 323 g/mol. The van der Waals surface area contributed by atoms with Crippen LogP contribution in [0.2, 0.25) is 0 Å². The van der Waals surface area contributed by atoms with Crippen LogP contribution < -0.4 is 10.6 Å². The zero-order valence-electron chi connectivity index (χ0n) is 12.5. The summed E-state index contributed by atoms with van der Waals surface area (Å²) in [6.07, 6.45) is 2.35. The molecule has 1 aromatic carbocycles. The molecule has 1 aliphatic rings. The van der Waals surface area contributed by atoms with Gasteiger partial charge in [-0.25, -0.2) is 4.98 Å². The van der Waals surface area contributed by atoms with E-state index in [4.69, 9.17) is 0 Å². The predicted molar refractivity (Wildman–Crippen MR) is 93.0 cm³/mol. The highest BCUT2D eigenvalue weighted by Crippen LogP contribution is 2.15. The minimum Gasteiger partial charge on any atom is -0.353 e. The first-order chi connectivity index (χ1) is 9.74. The first-order valence-electron chi connectivity index (χ1n) is 7.16. The van der Waals surface area contributed by atoms with E-state index in [1.807, 2.05) is 35.8 Å². The van der Waals surface area contributed by atoms with Gasteiger partial charge in [0.05, 0.1) is 11.0 Å². The molecule has 0 saturated carbocycles. The second-order valence-electron chi connectivity index (χ2n) is 5.33. The van der Waals surface area contributed by atoms with Crippen molar-refractivity contribution >= 4 is 41.8 Å². The summed E-state index contributed by atoms with van der Waals surface area (Å²) < 4.78 is 1.97. The van der Waals surface area contributed by atoms with E-state index in [1.165, 1.54) is 6.42 Å². The average molecular weight is 345 g/mol. The monoisotopic (exact) mass is 344 g/mol. The van der Waals surface area contributed by atoms with Crippen LogP contribution in [0.25, 0.3) is 11.0 Å². The maximum absolute atomic E-state index is 12.1. The second kappa shape index (κ2) is 8.36. The molecule has 7 heteroatoms. The van der Waals surface area contributed by atoms with Crippen LogP contribution in [-0.4, -0.2) is 34.6 Å². The van der Waals surface area contributed by atoms with Gasteiger partial charge >= 0.3 is 0 Å². The van der Waals surface area contributed by atoms with E-state index in [2.05, 4.69) is 15.6 Å². The number of benzene rings is 1. The van der Waals surface area contributed by atoms with Gasteiger partial charge < -0.3 is 15.2 Å². The zero-order valence-corrected chi connectivity index (χ0v) is 14.2. The summed E-state index contributed by atoms with van der Waals surface area (Å²) in [5.41, 5.74) is 1.95. The van der Waals surface area contributed by atoms with Crippen molar-refractivity contribution in [2.24, 2.45) is 0 Å². The van der Waals surface area contributed by atoms with Crippen molar-refractivity contribution in [3.05, 3.63) is 30.1 Å². The van der Waals surface area contributed by atoms with Gasteiger partial charge in [-0.05, 0) is 38.4 Å². The Morgan fingerprint density at radius 2 is 2.18 bits per heavy atom. The summed E-state index contributed by atoms with van der Waals surface area (Å²) in [5, 5.41) is 6.38. The number of hydrogen-bond donors (Lipinski definition) is 2. The van der Waals surface area contributed by atoms with Gasteiger partial charge in [-0.2, -0.15) is 0 Å². The molecule has 2 aromatic rings. The van der Waals surface area contributed by atoms with E-state index in [1.54, 1.807) is 0 Å². The van der Waals surface area contributed by atoms with Crippen molar-refractivity contribution in [3.63, 3.8) is 0 Å². The summed E-state index contributed by atoms with van der Waals surface area (Å²) in [6, 6.07) is 8.34. The van der Waals surface area contributed by atoms with Crippen molar-refractivity contribution in [1.29, 1.82) is 0 Å². The quantitative estimate of drug-likeness (QED) is 0.892. The first kappa shape index (κ1) is 18.7. The van der Waals surface area contributed by atoms with Gasteiger partial charge in [-0.15, -0.1) is 24.8 Å². The summed E-state index contributed by atoms with van der Waals surface area (Å²) in [7, 11) is 0. The smallest absolute Gasteiger partial charge is 0.240 e. The number of carbonyl (C=O) groups excluding carboxylic acids is 1. The van der Waals surface area contributed by atoms with E-state index in [0.29, 0.717) is 19.1 Å². The Bertz CT molecular complexity index is 623. The molecule has 0 aliphatic carbocycles. The molecule has 1 atom stereocenters. The summed E-state index contributed by atoms with van der Waals surface area (Å²) in [4.78, 5) is 16.5. The number of nitrogens with one attached hydrogen (secondary N) is 2. The molecule has 1 saturated heterocycles. The molecule has 1 aliphatic heterocycles. The number of amides is 1. The molecule has 3 rings (SSSR count). The molecule has 1 fully saturated rings. The number of halogens is 2. The molecule has 2 heterocycles. The highest BCUT2D eigenvalue weighted by atomic mass is 35.5. The number of aromatic nitrogens is 2. The van der Waals surface area contributed by atoms with Crippen molar-refractivity contribution in [2.45, 2.75) is 32.4 Å². The normalized spacial score (nSPS) is 16.9. The maximum Gasteiger partial charge on any atom is 0.240 e. The van der Waals surface area contributed by atoms with Crippen LogP contribution in [0.15, 0.2) is 24.3 Å². The van der Waals surface area contributed by atoms with Crippen LogP contribution in [0, 0.1) is 6.92 Å². The number of aryl methyl sites for hydroxylation is 1. The Morgan fingerprint density at radius 1 is 1.41 bits per heavy atom. The molecule has 1 amide bonds. The summed E-state index contributed by atoms with van der Waals surface area (Å²) in [5.74, 6) is 0.922. The molecular formula is C15H22Cl2N4O. The summed E-state index contributed by atoms with van der Waals surface area (Å²) in [6.45, 7) is 4.04. The number of carbonyl (C=O) groups is 1. The molecule has 2 N–H and O–H groups in total. The van der Waals surface area contributed by atoms with Gasteiger partial charge in [0.1, 0.15) is 12.4 Å². The number of hydrogen-bond acceptors (Lipinski definition) is 3. The fourth-order valence-corrected chi connectivity index (χ4v) is 2.76. The Balaban J connectivity index is 0.00000121. The van der Waals surface area contributed by atoms with Crippen LogP contribution in [-0.2, 0) is 11.3 Å². The predicted octanol–water partition coefficient (Wildman–Crippen LogP) is 2.06. The third-order valence-electron chi connectivity index (χ3n) is 3.86. The summed E-state index contributed by atoms with van der Waals surface area (Å²) >= 11 is 0. The lowest BCUT2D eigenvalue weighted by Crippen LogP contribution is -2.38. The molecule has 1 unspecified atom stereocenters. The van der Waals surface area contributed by atoms with E-state index in [9.17, 15) is 4.79 Å². The van der Waals surface area contributed by atoms with Crippen molar-refractivity contribution in [2.75, 3.05) is 13.1 Å². The molecule has 22 heavy (non-hydrogen) atoms. The zero-order chi connectivity index (χ0) is 13.9. The number of rotatable bonds is 4. The standard InChI is InChI=1S/C15H20N4O.2ClH/c1-11-18-13-6-2-3-7-14(13)19(11)10-15(20)17-9-12-5-4-8-16-12;;/h2-3,6-7,12,16H,4-5,8-10H2,1H3,(H,17,20);2*1H. The second-order valence-corrected chi connectivity index (χ2v) is 5.33. The average Bonchev–Trinajstić information content (AvgIpc) is 3.06. The molecule has 0 radical (unpaired) electrons. The molecule has 5 nitrogen and oxygen atoms in total. The lowest BCUT2D eigenvalue weighted by Gasteiger charge is -2.12. The number of imidazole rings is 1. The van der Waals surface area contributed by atoms with E-state index < -0.39 is 0 Å². The Morgan fingerprint density at radius 3 is 2.91 bits per heavy atom. The molecule has 0 bridgehead atoms. The Kier molecular flexibility index (Phi) is 7.13. The first-order valence-corrected chi connectivity index (χ1v) is 7.16. The fourth-order valence-electron chi connectivity index (χ4n) is 2.76. The van der Waals surface area contributed by atoms with Crippen molar-refractivity contribution in [1.82, 2.24) is 20.2 Å². The fraction of sp³-hybridized carbons (Fsp3) is 0.467. The van der Waals surface area contributed by atoms with Crippen LogP contribution in [0.4, 0.5) is 0 Å². The van der Waals surface area contributed by atoms with Crippen LogP contribution in [0.5, 0.6) is 0 Å². The van der Waals surface area contributed by atoms with Crippen LogP contribution in [0.3, 0.4) is 0 Å². The van der Waals surface area contributed by atoms with E-state index in [0.717, 1.165) is 29.8 Å². The highest BCUT2D eigenvalue weighted by molar-refractivity contribution is 5.85. The topological polar surface area (TPSA) is 59.0 Å². The van der Waals surface area contributed by atoms with Gasteiger partial charge in [-0.3, -0.25) is 4.79 Å². The van der Waals surface area contributed by atoms with Gasteiger partial charge in [0.15, 0.2) is 0 Å². The van der Waals surface area contributed by atoms with Crippen LogP contribution >= 0.6 is 24.8 Å². The van der Waals surface area contributed by atoms with E-state index >= 15 is 0 Å². The lowest BCUT2D eigenvalue weighted by molar-refractivity contribution is -0.121. The Hall–Kier alpha value is -1.30. The third kappa shape index (κ3) is 4.12. The van der Waals surface area contributed by atoms with Crippen molar-refractivity contribution < 1.29 is 4.79 Å². The highest BCUT2D eigenvalue weighted by Gasteiger charge is 2.15. The number of para-hydroxylation sites is 2. The lowest BCUT2D eigenvalue weighted by atomic mass is 10.2. The molecule has 0 spiro atoms. The minimum atomic E-state index is 0. The number of fused-ring (bicyclic) bond motifs is 1.